The number of carbonyl (C=O) groups is 1. The molecule has 2 N–H and O–H groups in total. The Labute approximate surface area is 135 Å². The van der Waals surface area contributed by atoms with Crippen LogP contribution in [-0.4, -0.2) is 35.8 Å². The lowest BCUT2D eigenvalue weighted by molar-refractivity contribution is -0.141. The molecule has 0 aliphatic heterocycles. The van der Waals surface area contributed by atoms with E-state index >= 15 is 0 Å². The number of sulfonamides is 1. The van der Waals surface area contributed by atoms with Gasteiger partial charge >= 0.3 is 5.97 Å². The maximum absolute atomic E-state index is 12.2. The van der Waals surface area contributed by atoms with E-state index in [-0.39, 0.29) is 17.9 Å². The zero-order valence-corrected chi connectivity index (χ0v) is 13.7. The molecule has 0 fully saturated rings. The molecule has 0 radical (unpaired) electrons. The highest BCUT2D eigenvalue weighted by atomic mass is 32.2. The number of aliphatic carboxylic acids is 1. The van der Waals surface area contributed by atoms with Crippen LogP contribution < -0.4 is 4.72 Å². The maximum Gasteiger partial charge on any atom is 0.308 e. The van der Waals surface area contributed by atoms with Crippen LogP contribution in [0.25, 0.3) is 0 Å². The van der Waals surface area contributed by atoms with Crippen molar-refractivity contribution < 1.29 is 18.3 Å². The molecule has 1 heterocycles. The van der Waals surface area contributed by atoms with Gasteiger partial charge in [-0.1, -0.05) is 12.1 Å². The van der Waals surface area contributed by atoms with Crippen LogP contribution in [0.2, 0.25) is 0 Å². The van der Waals surface area contributed by atoms with E-state index in [1.54, 1.807) is 49.2 Å². The molecule has 0 bridgehead atoms. The Balaban J connectivity index is 2.07. The summed E-state index contributed by atoms with van der Waals surface area (Å²) in [5.74, 6) is -1.92. The Morgan fingerprint density at radius 1 is 1.43 bits per heavy atom. The fourth-order valence-corrected chi connectivity index (χ4v) is 3.37. The van der Waals surface area contributed by atoms with Crippen LogP contribution >= 0.6 is 0 Å². The summed E-state index contributed by atoms with van der Waals surface area (Å²) in [7, 11) is -2.00. The molecule has 0 saturated heterocycles. The van der Waals surface area contributed by atoms with Crippen LogP contribution in [0.15, 0.2) is 41.6 Å². The molecule has 0 spiro atoms. The van der Waals surface area contributed by atoms with E-state index in [0.717, 1.165) is 11.1 Å². The zero-order valence-electron chi connectivity index (χ0n) is 12.9. The van der Waals surface area contributed by atoms with Crippen molar-refractivity contribution in [2.75, 3.05) is 6.54 Å². The first kappa shape index (κ1) is 17.2. The van der Waals surface area contributed by atoms with Crippen LogP contribution in [0, 0.1) is 12.8 Å². The number of carboxylic acids is 1. The fourth-order valence-electron chi connectivity index (χ4n) is 2.18. The zero-order chi connectivity index (χ0) is 17.0. The summed E-state index contributed by atoms with van der Waals surface area (Å²) in [6.45, 7) is 1.61. The van der Waals surface area contributed by atoms with E-state index in [4.69, 9.17) is 0 Å². The number of carboxylic acid groups (broad SMARTS) is 1. The van der Waals surface area contributed by atoms with Crippen molar-refractivity contribution in [1.29, 1.82) is 0 Å². The summed E-state index contributed by atoms with van der Waals surface area (Å²) in [4.78, 5) is 11.5. The van der Waals surface area contributed by atoms with Crippen molar-refractivity contribution in [3.05, 3.63) is 47.8 Å². The molecule has 1 unspecified atom stereocenters. The Kier molecular flexibility index (Phi) is 5.17. The van der Waals surface area contributed by atoms with Gasteiger partial charge < -0.3 is 5.11 Å². The molecule has 1 aromatic carbocycles. The molecule has 8 heteroatoms. The molecule has 1 aromatic heterocycles. The summed E-state index contributed by atoms with van der Waals surface area (Å²) in [5.41, 5.74) is 1.56. The lowest BCUT2D eigenvalue weighted by Crippen LogP contribution is -2.34. The highest BCUT2D eigenvalue weighted by Crippen LogP contribution is 2.13. The number of nitrogens with zero attached hydrogens (tertiary/aromatic N) is 2. The minimum atomic E-state index is -3.73. The monoisotopic (exact) mass is 337 g/mol. The van der Waals surface area contributed by atoms with Gasteiger partial charge in [-0.05, 0) is 36.6 Å². The maximum atomic E-state index is 12.2. The molecule has 7 nitrogen and oxygen atoms in total. The summed E-state index contributed by atoms with van der Waals surface area (Å²) in [5, 5.41) is 13.3. The molecule has 124 valence electrons. The van der Waals surface area contributed by atoms with Gasteiger partial charge in [0.05, 0.1) is 17.0 Å². The van der Waals surface area contributed by atoms with Crippen LogP contribution in [0.5, 0.6) is 0 Å². The van der Waals surface area contributed by atoms with Gasteiger partial charge in [-0.15, -0.1) is 0 Å². The number of benzene rings is 1. The molecule has 0 saturated carbocycles. The van der Waals surface area contributed by atoms with E-state index in [1.165, 1.54) is 6.07 Å². The standard InChI is InChI=1S/C15H19N3O4S/c1-11-4-3-5-14(6-11)23(21,22)17-9-13(15(19)20)7-12-8-16-18(2)10-12/h3-6,8,10,13,17H,7,9H2,1-2H3,(H,19,20). The minimum Gasteiger partial charge on any atom is -0.481 e. The largest absolute Gasteiger partial charge is 0.481 e. The molecule has 0 amide bonds. The topological polar surface area (TPSA) is 101 Å². The Hall–Kier alpha value is -2.19. The lowest BCUT2D eigenvalue weighted by Gasteiger charge is -2.13. The van der Waals surface area contributed by atoms with Crippen molar-refractivity contribution in [3.63, 3.8) is 0 Å². The van der Waals surface area contributed by atoms with E-state index in [1.807, 2.05) is 0 Å². The summed E-state index contributed by atoms with van der Waals surface area (Å²) >= 11 is 0. The third-order valence-corrected chi connectivity index (χ3v) is 4.83. The number of nitrogens with one attached hydrogen (secondary N) is 1. The number of aromatic nitrogens is 2. The second kappa shape index (κ2) is 6.93. The fraction of sp³-hybridized carbons (Fsp3) is 0.333. The summed E-state index contributed by atoms with van der Waals surface area (Å²) in [6.07, 6.45) is 3.50. The Morgan fingerprint density at radius 3 is 2.74 bits per heavy atom. The van der Waals surface area contributed by atoms with Gasteiger partial charge in [0.1, 0.15) is 0 Å². The van der Waals surface area contributed by atoms with Crippen LogP contribution in [0.1, 0.15) is 11.1 Å². The second-order valence-corrected chi connectivity index (χ2v) is 7.20. The molecular formula is C15H19N3O4S. The van der Waals surface area contributed by atoms with Gasteiger partial charge in [-0.3, -0.25) is 9.48 Å². The summed E-state index contributed by atoms with van der Waals surface area (Å²) < 4.78 is 28.4. The van der Waals surface area contributed by atoms with E-state index in [9.17, 15) is 18.3 Å². The first-order valence-electron chi connectivity index (χ1n) is 7.04. The predicted molar refractivity (Wildman–Crippen MR) is 84.4 cm³/mol. The highest BCUT2D eigenvalue weighted by molar-refractivity contribution is 7.89. The van der Waals surface area contributed by atoms with Crippen molar-refractivity contribution in [1.82, 2.24) is 14.5 Å². The smallest absolute Gasteiger partial charge is 0.308 e. The molecular weight excluding hydrogens is 318 g/mol. The third kappa shape index (κ3) is 4.64. The van der Waals surface area contributed by atoms with Crippen molar-refractivity contribution in [3.8, 4) is 0 Å². The van der Waals surface area contributed by atoms with E-state index in [0.29, 0.717) is 0 Å². The normalized spacial score (nSPS) is 13.0. The quantitative estimate of drug-likeness (QED) is 0.783. The second-order valence-electron chi connectivity index (χ2n) is 5.43. The molecule has 0 aliphatic rings. The summed E-state index contributed by atoms with van der Waals surface area (Å²) in [6, 6.07) is 6.46. The van der Waals surface area contributed by atoms with E-state index < -0.39 is 21.9 Å². The van der Waals surface area contributed by atoms with Crippen LogP contribution in [0.3, 0.4) is 0 Å². The van der Waals surface area contributed by atoms with Gasteiger partial charge in [-0.25, -0.2) is 13.1 Å². The molecule has 0 aliphatic carbocycles. The van der Waals surface area contributed by atoms with Crippen molar-refractivity contribution in [2.45, 2.75) is 18.2 Å². The van der Waals surface area contributed by atoms with E-state index in [2.05, 4.69) is 9.82 Å². The van der Waals surface area contributed by atoms with Crippen LogP contribution in [0.4, 0.5) is 0 Å². The van der Waals surface area contributed by atoms with Gasteiger partial charge in [0, 0.05) is 19.8 Å². The molecule has 2 rings (SSSR count). The number of aryl methyl sites for hydroxylation is 2. The van der Waals surface area contributed by atoms with Crippen molar-refractivity contribution in [2.24, 2.45) is 13.0 Å². The lowest BCUT2D eigenvalue weighted by atomic mass is 10.0. The highest BCUT2D eigenvalue weighted by Gasteiger charge is 2.22. The van der Waals surface area contributed by atoms with Gasteiger partial charge in [0.15, 0.2) is 0 Å². The van der Waals surface area contributed by atoms with Crippen LogP contribution in [-0.2, 0) is 28.3 Å². The molecule has 23 heavy (non-hydrogen) atoms. The first-order valence-corrected chi connectivity index (χ1v) is 8.53. The third-order valence-electron chi connectivity index (χ3n) is 3.41. The minimum absolute atomic E-state index is 0.128. The average molecular weight is 337 g/mol. The predicted octanol–water partition coefficient (Wildman–Crippen LogP) is 0.950. The van der Waals surface area contributed by atoms with Gasteiger partial charge in [-0.2, -0.15) is 5.10 Å². The number of hydrogen-bond donors (Lipinski definition) is 2. The SMILES string of the molecule is Cc1cccc(S(=O)(=O)NCC(Cc2cnn(C)c2)C(=O)O)c1. The first-order chi connectivity index (χ1) is 10.8. The van der Waals surface area contributed by atoms with Gasteiger partial charge in [0.25, 0.3) is 0 Å². The Bertz CT molecular complexity index is 799. The Morgan fingerprint density at radius 2 is 2.17 bits per heavy atom. The van der Waals surface area contributed by atoms with Gasteiger partial charge in [0.2, 0.25) is 10.0 Å². The number of hydrogen-bond acceptors (Lipinski definition) is 4. The molecule has 2 aromatic rings. The number of rotatable bonds is 7. The molecule has 1 atom stereocenters. The van der Waals surface area contributed by atoms with Crippen molar-refractivity contribution >= 4 is 16.0 Å². The average Bonchev–Trinajstić information content (AvgIpc) is 2.88.